The highest BCUT2D eigenvalue weighted by Crippen LogP contribution is 2.32. The third kappa shape index (κ3) is 2.48. The number of halogens is 2. The van der Waals surface area contributed by atoms with Crippen LogP contribution < -0.4 is 0 Å². The fraction of sp³-hybridized carbons (Fsp3) is 0.333. The van der Waals surface area contributed by atoms with E-state index in [2.05, 4.69) is 25.2 Å². The summed E-state index contributed by atoms with van der Waals surface area (Å²) in [7, 11) is 1.38. The highest BCUT2D eigenvalue weighted by atomic mass is 79.9. The van der Waals surface area contributed by atoms with E-state index in [1.165, 1.54) is 13.2 Å². The van der Waals surface area contributed by atoms with Gasteiger partial charge < -0.3 is 0 Å². The summed E-state index contributed by atoms with van der Waals surface area (Å²) in [5.74, 6) is -0.318. The highest BCUT2D eigenvalue weighted by Gasteiger charge is 2.12. The molecule has 0 bridgehead atoms. The monoisotopic (exact) mass is 280 g/mol. The molecule has 1 rings (SSSR count). The molecule has 0 radical (unpaired) electrons. The molecule has 1 aromatic carbocycles. The van der Waals surface area contributed by atoms with Crippen molar-refractivity contribution < 1.29 is 13.6 Å². The van der Waals surface area contributed by atoms with E-state index >= 15 is 0 Å². The zero-order chi connectivity index (χ0) is 10.7. The van der Waals surface area contributed by atoms with E-state index in [9.17, 15) is 4.39 Å². The SMILES string of the molecule is COOSc1c(F)cc(Br)c(C)c1C. The summed E-state index contributed by atoms with van der Waals surface area (Å²) in [5, 5.41) is 0. The summed E-state index contributed by atoms with van der Waals surface area (Å²) in [5.41, 5.74) is 1.84. The molecule has 0 N–H and O–H groups in total. The Morgan fingerprint density at radius 1 is 1.36 bits per heavy atom. The first-order valence-corrected chi connectivity index (χ1v) is 5.44. The first-order chi connectivity index (χ1) is 6.57. The quantitative estimate of drug-likeness (QED) is 0.477. The molecule has 0 heterocycles. The maximum absolute atomic E-state index is 13.4. The van der Waals surface area contributed by atoms with Gasteiger partial charge in [0.05, 0.1) is 24.0 Å². The Morgan fingerprint density at radius 3 is 2.57 bits per heavy atom. The van der Waals surface area contributed by atoms with E-state index in [-0.39, 0.29) is 5.82 Å². The molecular formula is C9H10BrFO2S. The molecule has 0 atom stereocenters. The Balaban J connectivity index is 3.09. The van der Waals surface area contributed by atoms with Crippen LogP contribution in [0.1, 0.15) is 11.1 Å². The van der Waals surface area contributed by atoms with Gasteiger partial charge in [-0.25, -0.2) is 9.28 Å². The molecule has 0 aromatic heterocycles. The van der Waals surface area contributed by atoms with E-state index in [0.717, 1.165) is 27.6 Å². The van der Waals surface area contributed by atoms with Gasteiger partial charge in [-0.1, -0.05) is 15.9 Å². The van der Waals surface area contributed by atoms with Crippen LogP contribution in [0.15, 0.2) is 15.4 Å². The molecule has 0 saturated carbocycles. The Kier molecular flexibility index (Phi) is 4.37. The Labute approximate surface area is 95.0 Å². The highest BCUT2D eigenvalue weighted by molar-refractivity contribution is 9.10. The lowest BCUT2D eigenvalue weighted by molar-refractivity contribution is -0.160. The van der Waals surface area contributed by atoms with Crippen LogP contribution in [-0.2, 0) is 9.22 Å². The smallest absolute Gasteiger partial charge is 0.140 e. The lowest BCUT2D eigenvalue weighted by atomic mass is 10.1. The maximum atomic E-state index is 13.4. The van der Waals surface area contributed by atoms with Crippen LogP contribution in [0.25, 0.3) is 0 Å². The van der Waals surface area contributed by atoms with E-state index in [1.807, 2.05) is 13.8 Å². The summed E-state index contributed by atoms with van der Waals surface area (Å²) in [6.45, 7) is 3.75. The fourth-order valence-corrected chi connectivity index (χ4v) is 2.04. The van der Waals surface area contributed by atoms with Crippen molar-refractivity contribution in [1.29, 1.82) is 0 Å². The van der Waals surface area contributed by atoms with Gasteiger partial charge in [0.2, 0.25) is 0 Å². The first kappa shape index (κ1) is 12.0. The van der Waals surface area contributed by atoms with Crippen molar-refractivity contribution in [2.45, 2.75) is 18.7 Å². The second kappa shape index (κ2) is 5.11. The van der Waals surface area contributed by atoms with Gasteiger partial charge in [0.25, 0.3) is 0 Å². The van der Waals surface area contributed by atoms with E-state index in [4.69, 9.17) is 0 Å². The van der Waals surface area contributed by atoms with Crippen molar-refractivity contribution in [3.8, 4) is 0 Å². The largest absolute Gasteiger partial charge is 0.227 e. The fourth-order valence-electron chi connectivity index (χ4n) is 0.984. The van der Waals surface area contributed by atoms with Gasteiger partial charge in [0, 0.05) is 4.47 Å². The minimum absolute atomic E-state index is 0.318. The molecule has 78 valence electrons. The molecule has 2 nitrogen and oxygen atoms in total. The maximum Gasteiger partial charge on any atom is 0.140 e. The normalized spacial score (nSPS) is 10.6. The van der Waals surface area contributed by atoms with E-state index in [0.29, 0.717) is 4.90 Å². The van der Waals surface area contributed by atoms with Gasteiger partial charge in [-0.2, -0.15) is 4.33 Å². The summed E-state index contributed by atoms with van der Waals surface area (Å²) < 4.78 is 18.8. The predicted molar refractivity (Wildman–Crippen MR) is 57.5 cm³/mol. The van der Waals surface area contributed by atoms with Gasteiger partial charge in [-0.3, -0.25) is 0 Å². The van der Waals surface area contributed by atoms with Gasteiger partial charge >= 0.3 is 0 Å². The Hall–Kier alpha value is -0.100. The van der Waals surface area contributed by atoms with Crippen LogP contribution in [0.5, 0.6) is 0 Å². The third-order valence-corrected chi connectivity index (χ3v) is 3.61. The van der Waals surface area contributed by atoms with Crippen molar-refractivity contribution >= 4 is 28.0 Å². The van der Waals surface area contributed by atoms with Gasteiger partial charge in [-0.05, 0) is 31.0 Å². The van der Waals surface area contributed by atoms with Gasteiger partial charge in [0.15, 0.2) is 0 Å². The van der Waals surface area contributed by atoms with Crippen LogP contribution in [0, 0.1) is 19.7 Å². The molecule has 0 spiro atoms. The van der Waals surface area contributed by atoms with Crippen molar-refractivity contribution in [3.63, 3.8) is 0 Å². The van der Waals surface area contributed by atoms with Gasteiger partial charge in [-0.15, -0.1) is 0 Å². The summed E-state index contributed by atoms with van der Waals surface area (Å²) in [6, 6.07) is 1.42. The van der Waals surface area contributed by atoms with E-state index in [1.54, 1.807) is 0 Å². The standard InChI is InChI=1S/C9H10BrFO2S/c1-5-6(2)9(14-13-12-3)8(11)4-7(5)10/h4H,1-3H3. The number of hydrogen-bond donors (Lipinski definition) is 0. The lowest BCUT2D eigenvalue weighted by Gasteiger charge is -2.09. The van der Waals surface area contributed by atoms with E-state index < -0.39 is 0 Å². The molecule has 0 aliphatic rings. The zero-order valence-corrected chi connectivity index (χ0v) is 10.5. The van der Waals surface area contributed by atoms with Crippen molar-refractivity contribution in [1.82, 2.24) is 0 Å². The second-order valence-electron chi connectivity index (χ2n) is 2.74. The van der Waals surface area contributed by atoms with Crippen molar-refractivity contribution in [2.75, 3.05) is 7.11 Å². The molecule has 0 aliphatic carbocycles. The molecule has 5 heteroatoms. The molecule has 0 unspecified atom stereocenters. The summed E-state index contributed by atoms with van der Waals surface area (Å²) >= 11 is 4.16. The molecule has 0 saturated heterocycles. The van der Waals surface area contributed by atoms with Crippen LogP contribution >= 0.6 is 28.0 Å². The number of benzene rings is 1. The second-order valence-corrected chi connectivity index (χ2v) is 4.30. The van der Waals surface area contributed by atoms with Gasteiger partial charge in [0.1, 0.15) is 5.82 Å². The van der Waals surface area contributed by atoms with Crippen LogP contribution in [0.3, 0.4) is 0 Å². The molecule has 0 amide bonds. The van der Waals surface area contributed by atoms with Crippen LogP contribution in [0.2, 0.25) is 0 Å². The molecule has 1 aromatic rings. The minimum atomic E-state index is -0.318. The summed E-state index contributed by atoms with van der Waals surface area (Å²) in [6.07, 6.45) is 0. The van der Waals surface area contributed by atoms with Crippen LogP contribution in [0.4, 0.5) is 4.39 Å². The van der Waals surface area contributed by atoms with Crippen molar-refractivity contribution in [2.24, 2.45) is 0 Å². The number of rotatable bonds is 3. The van der Waals surface area contributed by atoms with Crippen molar-refractivity contribution in [3.05, 3.63) is 27.5 Å². The molecule has 14 heavy (non-hydrogen) atoms. The van der Waals surface area contributed by atoms with Crippen LogP contribution in [-0.4, -0.2) is 7.11 Å². The zero-order valence-electron chi connectivity index (χ0n) is 8.06. The number of hydrogen-bond acceptors (Lipinski definition) is 3. The average Bonchev–Trinajstić information content (AvgIpc) is 2.14. The molecule has 0 fully saturated rings. The summed E-state index contributed by atoms with van der Waals surface area (Å²) in [4.78, 5) is 4.86. The Bertz CT molecular complexity index is 344. The molecule has 0 aliphatic heterocycles. The minimum Gasteiger partial charge on any atom is -0.227 e. The Morgan fingerprint density at radius 2 is 2.00 bits per heavy atom. The first-order valence-electron chi connectivity index (χ1n) is 3.90. The lowest BCUT2D eigenvalue weighted by Crippen LogP contribution is -1.93. The molecular weight excluding hydrogens is 271 g/mol. The topological polar surface area (TPSA) is 18.5 Å². The average molecular weight is 281 g/mol. The third-order valence-electron chi connectivity index (χ3n) is 1.92. The predicted octanol–water partition coefficient (Wildman–Crippen LogP) is 3.79.